The Morgan fingerprint density at radius 3 is 2.32 bits per heavy atom. The van der Waals surface area contributed by atoms with Crippen molar-refractivity contribution in [2.24, 2.45) is 0 Å². The zero-order chi connectivity index (χ0) is 17.6. The normalized spacial score (nSPS) is 11.6. The highest BCUT2D eigenvalue weighted by Gasteiger charge is 2.21. The highest BCUT2D eigenvalue weighted by Crippen LogP contribution is 2.39. The van der Waals surface area contributed by atoms with Crippen molar-refractivity contribution in [3.63, 3.8) is 0 Å². The Balaban J connectivity index is 2.10. The molecule has 0 saturated heterocycles. The predicted octanol–water partition coefficient (Wildman–Crippen LogP) is 4.65. The van der Waals surface area contributed by atoms with Crippen LogP contribution in [-0.2, 0) is 0 Å². The number of methoxy groups -OCH3 is 2. The maximum atomic E-state index is 5.49. The molecule has 0 unspecified atom stereocenters. The lowest BCUT2D eigenvalue weighted by Gasteiger charge is -2.08. The first-order valence-corrected chi connectivity index (χ1v) is 8.35. The van der Waals surface area contributed by atoms with Crippen LogP contribution in [0.3, 0.4) is 0 Å². The maximum absolute atomic E-state index is 5.49. The average Bonchev–Trinajstić information content (AvgIpc) is 3.17. The van der Waals surface area contributed by atoms with Crippen molar-refractivity contribution in [3.8, 4) is 17.2 Å². The van der Waals surface area contributed by atoms with E-state index in [1.165, 1.54) is 0 Å². The van der Waals surface area contributed by atoms with Gasteiger partial charge >= 0.3 is 0 Å². The second kappa shape index (κ2) is 5.84. The number of aromatic amines is 1. The number of ether oxygens (including phenoxy) is 2. The van der Waals surface area contributed by atoms with E-state index >= 15 is 0 Å². The molecule has 5 nitrogen and oxygen atoms in total. The number of benzene rings is 2. The molecule has 128 valence electrons. The Hall–Kier alpha value is -2.95. The Kier molecular flexibility index (Phi) is 3.64. The quantitative estimate of drug-likeness (QED) is 0.591. The zero-order valence-electron chi connectivity index (χ0n) is 14.8. The van der Waals surface area contributed by atoms with Crippen LogP contribution in [0.25, 0.3) is 27.6 Å². The first-order chi connectivity index (χ1) is 12.1. The summed E-state index contributed by atoms with van der Waals surface area (Å²) in [6.07, 6.45) is 0. The van der Waals surface area contributed by atoms with E-state index in [0.29, 0.717) is 11.7 Å². The Labute approximate surface area is 146 Å². The van der Waals surface area contributed by atoms with Gasteiger partial charge in [-0.15, -0.1) is 0 Å². The van der Waals surface area contributed by atoms with Crippen LogP contribution in [0.2, 0.25) is 0 Å². The van der Waals surface area contributed by atoms with Crippen LogP contribution in [0.1, 0.15) is 25.5 Å². The molecule has 0 atom stereocenters. The van der Waals surface area contributed by atoms with Gasteiger partial charge in [-0.2, -0.15) is 5.10 Å². The van der Waals surface area contributed by atoms with Gasteiger partial charge in [0.1, 0.15) is 5.65 Å². The molecule has 0 spiro atoms. The molecule has 0 fully saturated rings. The molecule has 1 N–H and O–H groups in total. The highest BCUT2D eigenvalue weighted by molar-refractivity contribution is 6.09. The van der Waals surface area contributed by atoms with Crippen molar-refractivity contribution >= 4 is 21.9 Å². The molecule has 4 aromatic rings. The lowest BCUT2D eigenvalue weighted by molar-refractivity contribution is 0.356. The lowest BCUT2D eigenvalue weighted by atomic mass is 10.1. The van der Waals surface area contributed by atoms with Gasteiger partial charge in [0.25, 0.3) is 0 Å². The minimum Gasteiger partial charge on any atom is -0.493 e. The molecule has 25 heavy (non-hydrogen) atoms. The number of nitrogens with zero attached hydrogens (tertiary/aromatic N) is 2. The van der Waals surface area contributed by atoms with Crippen molar-refractivity contribution < 1.29 is 9.47 Å². The first kappa shape index (κ1) is 15.6. The Morgan fingerprint density at radius 2 is 1.68 bits per heavy atom. The number of para-hydroxylation sites is 1. The molecule has 0 aliphatic heterocycles. The van der Waals surface area contributed by atoms with E-state index in [4.69, 9.17) is 14.6 Å². The van der Waals surface area contributed by atoms with Crippen molar-refractivity contribution in [2.75, 3.05) is 14.2 Å². The van der Waals surface area contributed by atoms with Gasteiger partial charge in [-0.25, -0.2) is 4.68 Å². The molecule has 0 amide bonds. The molecular formula is C20H21N3O2. The van der Waals surface area contributed by atoms with Gasteiger partial charge in [0.05, 0.1) is 36.5 Å². The lowest BCUT2D eigenvalue weighted by Crippen LogP contribution is -1.98. The van der Waals surface area contributed by atoms with E-state index in [0.717, 1.165) is 39.1 Å². The summed E-state index contributed by atoms with van der Waals surface area (Å²) in [5.41, 5.74) is 4.10. The highest BCUT2D eigenvalue weighted by atomic mass is 16.5. The fraction of sp³-hybridized carbons (Fsp3) is 0.250. The van der Waals surface area contributed by atoms with Crippen LogP contribution in [0, 0.1) is 0 Å². The topological polar surface area (TPSA) is 52.1 Å². The third kappa shape index (κ3) is 2.35. The van der Waals surface area contributed by atoms with Gasteiger partial charge in [-0.3, -0.25) is 0 Å². The van der Waals surface area contributed by atoms with Crippen LogP contribution in [0.15, 0.2) is 42.5 Å². The summed E-state index contributed by atoms with van der Waals surface area (Å²) in [4.78, 5) is 3.51. The monoisotopic (exact) mass is 335 g/mol. The second-order valence-electron chi connectivity index (χ2n) is 6.39. The molecule has 5 heteroatoms. The van der Waals surface area contributed by atoms with Crippen molar-refractivity contribution in [2.45, 2.75) is 19.8 Å². The van der Waals surface area contributed by atoms with E-state index in [9.17, 15) is 0 Å². The molecule has 0 radical (unpaired) electrons. The zero-order valence-corrected chi connectivity index (χ0v) is 14.8. The predicted molar refractivity (Wildman–Crippen MR) is 100 cm³/mol. The molecule has 4 rings (SSSR count). The van der Waals surface area contributed by atoms with Crippen LogP contribution in [0.4, 0.5) is 0 Å². The number of hydrogen-bond donors (Lipinski definition) is 1. The number of fused-ring (bicyclic) bond motifs is 3. The van der Waals surface area contributed by atoms with E-state index < -0.39 is 0 Å². The standard InChI is InChI=1S/C20H21N3O2/c1-12(2)19-18-14-10-16(24-3)17(25-4)11-15(14)21-20(18)23(22-19)13-8-6-5-7-9-13/h5-12,21H,1-4H3. The fourth-order valence-corrected chi connectivity index (χ4v) is 3.29. The summed E-state index contributed by atoms with van der Waals surface area (Å²) in [6, 6.07) is 14.2. The minimum absolute atomic E-state index is 0.305. The van der Waals surface area contributed by atoms with Gasteiger partial charge in [-0.05, 0) is 24.1 Å². The molecule has 0 aliphatic carbocycles. The molecule has 0 bridgehead atoms. The summed E-state index contributed by atoms with van der Waals surface area (Å²) in [5.74, 6) is 1.74. The van der Waals surface area contributed by atoms with Crippen molar-refractivity contribution in [3.05, 3.63) is 48.2 Å². The van der Waals surface area contributed by atoms with Crippen LogP contribution >= 0.6 is 0 Å². The van der Waals surface area contributed by atoms with Gasteiger partial charge < -0.3 is 14.5 Å². The average molecular weight is 335 g/mol. The third-order valence-corrected chi connectivity index (χ3v) is 4.51. The number of hydrogen-bond acceptors (Lipinski definition) is 3. The van der Waals surface area contributed by atoms with Gasteiger partial charge in [0, 0.05) is 11.5 Å². The summed E-state index contributed by atoms with van der Waals surface area (Å²) in [7, 11) is 3.31. The first-order valence-electron chi connectivity index (χ1n) is 8.35. The van der Waals surface area contributed by atoms with E-state index in [2.05, 4.69) is 31.0 Å². The molecule has 0 aliphatic rings. The summed E-state index contributed by atoms with van der Waals surface area (Å²) < 4.78 is 12.9. The summed E-state index contributed by atoms with van der Waals surface area (Å²) in [6.45, 7) is 4.33. The van der Waals surface area contributed by atoms with E-state index in [1.807, 2.05) is 35.0 Å². The second-order valence-corrected chi connectivity index (χ2v) is 6.39. The Bertz CT molecular complexity index is 1050. The van der Waals surface area contributed by atoms with E-state index in [1.54, 1.807) is 14.2 Å². The number of rotatable bonds is 4. The molecule has 2 heterocycles. The van der Waals surface area contributed by atoms with Gasteiger partial charge in [0.2, 0.25) is 0 Å². The number of nitrogens with one attached hydrogen (secondary N) is 1. The van der Waals surface area contributed by atoms with Crippen molar-refractivity contribution in [1.82, 2.24) is 14.8 Å². The van der Waals surface area contributed by atoms with Crippen LogP contribution in [-0.4, -0.2) is 29.0 Å². The number of H-pyrrole nitrogens is 1. The van der Waals surface area contributed by atoms with E-state index in [-0.39, 0.29) is 0 Å². The molecule has 0 saturated carbocycles. The minimum atomic E-state index is 0.305. The molecule has 2 aromatic heterocycles. The maximum Gasteiger partial charge on any atom is 0.162 e. The van der Waals surface area contributed by atoms with Crippen molar-refractivity contribution in [1.29, 1.82) is 0 Å². The third-order valence-electron chi connectivity index (χ3n) is 4.51. The van der Waals surface area contributed by atoms with Crippen LogP contribution < -0.4 is 9.47 Å². The largest absolute Gasteiger partial charge is 0.493 e. The molecular weight excluding hydrogens is 314 g/mol. The fourth-order valence-electron chi connectivity index (χ4n) is 3.29. The van der Waals surface area contributed by atoms with Crippen LogP contribution in [0.5, 0.6) is 11.5 Å². The Morgan fingerprint density at radius 1 is 1.00 bits per heavy atom. The summed E-state index contributed by atoms with van der Waals surface area (Å²) >= 11 is 0. The summed E-state index contributed by atoms with van der Waals surface area (Å²) in [5, 5.41) is 7.11. The smallest absolute Gasteiger partial charge is 0.162 e. The molecule has 2 aromatic carbocycles. The number of aromatic nitrogens is 3. The van der Waals surface area contributed by atoms with Gasteiger partial charge in [-0.1, -0.05) is 32.0 Å². The van der Waals surface area contributed by atoms with Gasteiger partial charge in [0.15, 0.2) is 11.5 Å². The SMILES string of the molecule is COc1cc2[nH]c3c(c(C(C)C)nn3-c3ccccc3)c2cc1OC.